The maximum Gasteiger partial charge on any atom is 0.435 e. The highest BCUT2D eigenvalue weighted by Crippen LogP contribution is 2.55. The van der Waals surface area contributed by atoms with Gasteiger partial charge in [-0.2, -0.15) is 35.1 Å². The summed E-state index contributed by atoms with van der Waals surface area (Å²) in [5, 5.41) is 11.7. The number of benzene rings is 3. The van der Waals surface area contributed by atoms with E-state index in [2.05, 4.69) is 4.74 Å². The lowest BCUT2D eigenvalue weighted by Crippen LogP contribution is -2.50. The number of phenols is 1. The van der Waals surface area contributed by atoms with E-state index in [9.17, 15) is 63.0 Å². The van der Waals surface area contributed by atoms with Gasteiger partial charge in [-0.05, 0) is 43.3 Å². The number of hydrogen-bond donors (Lipinski definition) is 2. The number of rotatable bonds is 8. The number of phenolic OH excluding ortho intramolecular Hbond substituents is 1. The van der Waals surface area contributed by atoms with Crippen LogP contribution in [0.4, 0.5) is 64.1 Å². The van der Waals surface area contributed by atoms with Gasteiger partial charge in [0.25, 0.3) is 11.8 Å². The molecule has 0 aliphatic rings. The first kappa shape index (κ1) is 33.9. The summed E-state index contributed by atoms with van der Waals surface area (Å²) in [6.45, 7) is -3.12. The molecule has 3 aromatic carbocycles. The Labute approximate surface area is 238 Å². The molecule has 3 rings (SSSR count). The Balaban J connectivity index is 2.09. The molecule has 2 amide bonds. The molecular weight excluding hydrogens is 632 g/mol. The third-order valence-electron chi connectivity index (χ3n) is 5.97. The molecule has 0 unspecified atom stereocenters. The van der Waals surface area contributed by atoms with E-state index in [1.807, 2.05) is 0 Å². The maximum absolute atomic E-state index is 15.5. The highest BCUT2D eigenvalue weighted by atomic mass is 19.4. The number of ether oxygens (including phenoxy) is 1. The first-order chi connectivity index (χ1) is 20.3. The van der Waals surface area contributed by atoms with Crippen molar-refractivity contribution in [2.75, 3.05) is 16.8 Å². The fraction of sp³-hybridized carbons (Fsp3) is 0.231. The highest BCUT2D eigenvalue weighted by Gasteiger charge is 2.73. The smallest absolute Gasteiger partial charge is 0.435 e. The molecule has 0 saturated carbocycles. The zero-order chi connectivity index (χ0) is 33.4. The van der Waals surface area contributed by atoms with Gasteiger partial charge in [0.15, 0.2) is 23.2 Å². The summed E-state index contributed by atoms with van der Waals surface area (Å²) < 4.78 is 167. The number of alkyl halides is 9. The number of amides is 2. The van der Waals surface area contributed by atoms with E-state index in [4.69, 9.17) is 0 Å². The zero-order valence-corrected chi connectivity index (χ0v) is 21.6. The predicted molar refractivity (Wildman–Crippen MR) is 128 cm³/mol. The fourth-order valence-electron chi connectivity index (χ4n) is 3.92. The van der Waals surface area contributed by atoms with Gasteiger partial charge in [-0.25, -0.2) is 17.6 Å². The summed E-state index contributed by atoms with van der Waals surface area (Å²) in [4.78, 5) is 26.3. The van der Waals surface area contributed by atoms with Crippen molar-refractivity contribution >= 4 is 23.2 Å². The molecule has 0 radical (unpaired) electrons. The van der Waals surface area contributed by atoms with Crippen molar-refractivity contribution in [3.8, 4) is 11.5 Å². The lowest BCUT2D eigenvalue weighted by atomic mass is 9.93. The van der Waals surface area contributed by atoms with Gasteiger partial charge in [-0.1, -0.05) is 12.1 Å². The van der Waals surface area contributed by atoms with E-state index in [0.29, 0.717) is 17.0 Å². The molecule has 18 heteroatoms. The molecule has 2 N–H and O–H groups in total. The molecule has 0 aromatic heterocycles. The second kappa shape index (κ2) is 12.2. The van der Waals surface area contributed by atoms with Gasteiger partial charge in [-0.3, -0.25) is 9.59 Å². The average Bonchev–Trinajstić information content (AvgIpc) is 2.91. The molecule has 0 atom stereocenters. The van der Waals surface area contributed by atoms with E-state index in [1.165, 1.54) is 6.92 Å². The lowest BCUT2D eigenvalue weighted by Gasteiger charge is -2.31. The van der Waals surface area contributed by atoms with Crippen LogP contribution in [0.25, 0.3) is 0 Å². The Kier molecular flexibility index (Phi) is 9.36. The number of aromatic hydroxyl groups is 1. The van der Waals surface area contributed by atoms with E-state index in [-0.39, 0.29) is 0 Å². The molecule has 0 bridgehead atoms. The summed E-state index contributed by atoms with van der Waals surface area (Å²) in [6.07, 6.45) is -13.4. The molecule has 44 heavy (non-hydrogen) atoms. The van der Waals surface area contributed by atoms with Crippen molar-refractivity contribution in [3.63, 3.8) is 0 Å². The zero-order valence-electron chi connectivity index (χ0n) is 21.6. The van der Waals surface area contributed by atoms with E-state index >= 15 is 4.39 Å². The molecular formula is C26H16F12N2O4. The number of nitrogens with zero attached hydrogens (tertiary/aromatic N) is 1. The molecule has 6 nitrogen and oxygen atoms in total. The number of nitrogens with one attached hydrogen (secondary N) is 1. The van der Waals surface area contributed by atoms with E-state index in [0.717, 1.165) is 24.3 Å². The second-order valence-electron chi connectivity index (χ2n) is 8.64. The van der Waals surface area contributed by atoms with Crippen LogP contribution in [0.2, 0.25) is 0 Å². The molecule has 0 fully saturated rings. The molecule has 0 heterocycles. The van der Waals surface area contributed by atoms with Crippen molar-refractivity contribution in [1.29, 1.82) is 0 Å². The Morgan fingerprint density at radius 2 is 1.45 bits per heavy atom. The third kappa shape index (κ3) is 6.19. The largest absolute Gasteiger partial charge is 0.506 e. The molecule has 0 spiro atoms. The number of carbonyl (C=O) groups is 2. The van der Waals surface area contributed by atoms with Gasteiger partial charge in [0.05, 0.1) is 16.8 Å². The van der Waals surface area contributed by atoms with Crippen LogP contribution in [0.1, 0.15) is 33.2 Å². The minimum absolute atomic E-state index is 0.394. The second-order valence-corrected chi connectivity index (χ2v) is 8.64. The minimum Gasteiger partial charge on any atom is -0.506 e. The number of anilines is 2. The number of hydrogen-bond acceptors (Lipinski definition) is 4. The van der Waals surface area contributed by atoms with Crippen LogP contribution in [0.3, 0.4) is 0 Å². The van der Waals surface area contributed by atoms with Crippen LogP contribution >= 0.6 is 0 Å². The normalized spacial score (nSPS) is 12.3. The first-order valence-electron chi connectivity index (χ1n) is 11.8. The lowest BCUT2D eigenvalue weighted by molar-refractivity contribution is -0.348. The van der Waals surface area contributed by atoms with Gasteiger partial charge in [0, 0.05) is 12.1 Å². The quantitative estimate of drug-likeness (QED) is 0.195. The summed E-state index contributed by atoms with van der Waals surface area (Å²) in [5.41, 5.74) is -12.7. The average molecular weight is 648 g/mol. The Morgan fingerprint density at radius 1 is 0.886 bits per heavy atom. The predicted octanol–water partition coefficient (Wildman–Crippen LogP) is 7.62. The van der Waals surface area contributed by atoms with Crippen molar-refractivity contribution in [3.05, 3.63) is 82.7 Å². The van der Waals surface area contributed by atoms with E-state index < -0.39 is 112 Å². The first-order valence-corrected chi connectivity index (χ1v) is 11.8. The Bertz CT molecular complexity index is 1560. The van der Waals surface area contributed by atoms with Crippen LogP contribution in [0.15, 0.2) is 48.5 Å². The minimum atomic E-state index is -6.72. The van der Waals surface area contributed by atoms with Crippen LogP contribution in [0, 0.1) is 17.5 Å². The molecule has 3 aromatic rings. The number of halogens is 12. The van der Waals surface area contributed by atoms with E-state index in [1.54, 1.807) is 5.32 Å². The van der Waals surface area contributed by atoms with Crippen LogP contribution in [-0.4, -0.2) is 42.4 Å². The van der Waals surface area contributed by atoms with Crippen LogP contribution < -0.4 is 15.0 Å². The van der Waals surface area contributed by atoms with Gasteiger partial charge in [0.1, 0.15) is 11.4 Å². The number of carbonyl (C=O) groups excluding carboxylic acids is 2. The van der Waals surface area contributed by atoms with Crippen LogP contribution in [-0.2, 0) is 5.67 Å². The molecule has 0 aliphatic heterocycles. The van der Waals surface area contributed by atoms with Gasteiger partial charge >= 0.3 is 24.6 Å². The summed E-state index contributed by atoms with van der Waals surface area (Å²) in [5.74, 6) is -11.1. The SMILES string of the molecule is CCN(C(=O)c1cccc(F)c1F)c1cccc(C(=O)Nc2c(O)cc(C(F)(C(F)(F)F)C(F)(F)F)cc2OC(F)F)c1F. The topological polar surface area (TPSA) is 78.9 Å². The van der Waals surface area contributed by atoms with Gasteiger partial charge in [-0.15, -0.1) is 0 Å². The van der Waals surface area contributed by atoms with Gasteiger partial charge < -0.3 is 20.1 Å². The molecule has 0 aliphatic carbocycles. The maximum atomic E-state index is 15.5. The van der Waals surface area contributed by atoms with Gasteiger partial charge in [0.2, 0.25) is 0 Å². The Morgan fingerprint density at radius 3 is 2.00 bits per heavy atom. The standard InChI is InChI=1S/C26H16F12N2O4/c1-2-40(22(43)13-6-3-7-14(27)18(13)28)15-8-4-5-12(19(15)29)21(42)39-20-16(41)9-11(10-17(20)44-23(30)31)24(32,25(33,34)35)26(36,37)38/h3-10,23,41H,2H2,1H3,(H,39,42). The van der Waals surface area contributed by atoms with Crippen molar-refractivity contribution in [2.45, 2.75) is 31.6 Å². The summed E-state index contributed by atoms with van der Waals surface area (Å²) in [7, 11) is 0. The fourth-order valence-corrected chi connectivity index (χ4v) is 3.92. The highest BCUT2D eigenvalue weighted by molar-refractivity contribution is 6.09. The van der Waals surface area contributed by atoms with Crippen molar-refractivity contribution in [2.24, 2.45) is 0 Å². The molecule has 0 saturated heterocycles. The van der Waals surface area contributed by atoms with Crippen molar-refractivity contribution in [1.82, 2.24) is 0 Å². The summed E-state index contributed by atoms with van der Waals surface area (Å²) >= 11 is 0. The van der Waals surface area contributed by atoms with Crippen molar-refractivity contribution < 1.29 is 72.1 Å². The summed E-state index contributed by atoms with van der Waals surface area (Å²) in [6, 6.07) is 4.17. The van der Waals surface area contributed by atoms with Crippen LogP contribution in [0.5, 0.6) is 11.5 Å². The third-order valence-corrected chi connectivity index (χ3v) is 5.97. The monoisotopic (exact) mass is 648 g/mol. The molecule has 238 valence electrons. The Hall–Kier alpha value is -4.64.